The summed E-state index contributed by atoms with van der Waals surface area (Å²) in [5.74, 6) is 0.935. The maximum atomic E-state index is 5.28. The van der Waals surface area contributed by atoms with Gasteiger partial charge in [0.2, 0.25) is 0 Å². The molecule has 2 heteroatoms. The van der Waals surface area contributed by atoms with Crippen LogP contribution >= 0.6 is 0 Å². The van der Waals surface area contributed by atoms with Crippen LogP contribution in [0.3, 0.4) is 0 Å². The molecule has 0 aromatic heterocycles. The number of nitrogens with zero attached hydrogens (tertiary/aromatic N) is 1. The van der Waals surface area contributed by atoms with Gasteiger partial charge in [0.05, 0.1) is 7.11 Å². The van der Waals surface area contributed by atoms with E-state index in [4.69, 9.17) is 4.74 Å². The second-order valence-electron chi connectivity index (χ2n) is 3.51. The fourth-order valence-electron chi connectivity index (χ4n) is 1.39. The van der Waals surface area contributed by atoms with Gasteiger partial charge in [0.15, 0.2) is 0 Å². The van der Waals surface area contributed by atoms with Gasteiger partial charge in [-0.15, -0.1) is 0 Å². The van der Waals surface area contributed by atoms with Gasteiger partial charge in [0.25, 0.3) is 0 Å². The Morgan fingerprint density at radius 2 is 2.14 bits per heavy atom. The number of ether oxygens (including phenoxy) is 1. The summed E-state index contributed by atoms with van der Waals surface area (Å²) in [6.07, 6.45) is 1.85. The van der Waals surface area contributed by atoms with Gasteiger partial charge in [0.1, 0.15) is 5.75 Å². The predicted molar refractivity (Wildman–Crippen MR) is 60.5 cm³/mol. The van der Waals surface area contributed by atoms with Gasteiger partial charge in [-0.2, -0.15) is 0 Å². The van der Waals surface area contributed by atoms with E-state index in [0.29, 0.717) is 0 Å². The summed E-state index contributed by atoms with van der Waals surface area (Å²) < 4.78 is 5.28. The number of methoxy groups -OCH3 is 1. The van der Waals surface area contributed by atoms with E-state index in [9.17, 15) is 0 Å². The molecule has 0 radical (unpaired) electrons. The maximum absolute atomic E-state index is 5.28. The first-order valence-electron chi connectivity index (χ1n) is 4.61. The molecule has 0 unspecified atom stereocenters. The molecule has 0 aliphatic carbocycles. The molecule has 0 atom stereocenters. The zero-order valence-corrected chi connectivity index (χ0v) is 9.08. The van der Waals surface area contributed by atoms with Crippen LogP contribution in [0, 0.1) is 0 Å². The Hall–Kier alpha value is -1.28. The van der Waals surface area contributed by atoms with Crippen molar-refractivity contribution in [3.63, 3.8) is 0 Å². The largest absolute Gasteiger partial charge is 0.496 e. The van der Waals surface area contributed by atoms with E-state index in [-0.39, 0.29) is 0 Å². The minimum Gasteiger partial charge on any atom is -0.496 e. The molecule has 14 heavy (non-hydrogen) atoms. The summed E-state index contributed by atoms with van der Waals surface area (Å²) in [6.45, 7) is 4.63. The van der Waals surface area contributed by atoms with Crippen molar-refractivity contribution in [3.8, 4) is 5.75 Å². The lowest BCUT2D eigenvalue weighted by Gasteiger charge is -2.13. The van der Waals surface area contributed by atoms with Crippen LogP contribution in [0.4, 0.5) is 0 Å². The minimum atomic E-state index is 0.880. The van der Waals surface area contributed by atoms with Crippen LogP contribution in [0.5, 0.6) is 5.75 Å². The van der Waals surface area contributed by atoms with Gasteiger partial charge < -0.3 is 9.64 Å². The van der Waals surface area contributed by atoms with Crippen molar-refractivity contribution in [2.45, 2.75) is 6.54 Å². The fourth-order valence-corrected chi connectivity index (χ4v) is 1.39. The van der Waals surface area contributed by atoms with Crippen LogP contribution in [0.1, 0.15) is 11.1 Å². The highest BCUT2D eigenvalue weighted by atomic mass is 16.5. The van der Waals surface area contributed by atoms with E-state index in [1.165, 1.54) is 5.56 Å². The van der Waals surface area contributed by atoms with Gasteiger partial charge in [-0.1, -0.05) is 18.7 Å². The Kier molecular flexibility index (Phi) is 3.72. The van der Waals surface area contributed by atoms with Crippen LogP contribution < -0.4 is 4.74 Å². The molecule has 0 fully saturated rings. The zero-order valence-electron chi connectivity index (χ0n) is 9.08. The first-order chi connectivity index (χ1) is 6.67. The Bertz CT molecular complexity index is 318. The first-order valence-corrected chi connectivity index (χ1v) is 4.61. The van der Waals surface area contributed by atoms with Crippen molar-refractivity contribution in [1.82, 2.24) is 4.90 Å². The Labute approximate surface area is 85.8 Å². The van der Waals surface area contributed by atoms with E-state index in [2.05, 4.69) is 17.5 Å². The minimum absolute atomic E-state index is 0.880. The van der Waals surface area contributed by atoms with E-state index in [1.807, 2.05) is 32.3 Å². The lowest BCUT2D eigenvalue weighted by molar-refractivity contribution is 0.372. The number of hydrogen-bond acceptors (Lipinski definition) is 2. The summed E-state index contributed by atoms with van der Waals surface area (Å²) in [7, 11) is 5.78. The van der Waals surface area contributed by atoms with Gasteiger partial charge in [-0.3, -0.25) is 0 Å². The second-order valence-corrected chi connectivity index (χ2v) is 3.51. The standard InChI is InChI=1S/C12H17NO/c1-5-10-6-7-12(14-4)11(8-10)9-13(2)3/h5-8H,1,9H2,2-4H3. The van der Waals surface area contributed by atoms with Gasteiger partial charge in [0, 0.05) is 12.1 Å². The Morgan fingerprint density at radius 1 is 1.43 bits per heavy atom. The molecule has 0 saturated heterocycles. The van der Waals surface area contributed by atoms with Crippen molar-refractivity contribution in [2.24, 2.45) is 0 Å². The molecule has 1 rings (SSSR count). The predicted octanol–water partition coefficient (Wildman–Crippen LogP) is 2.40. The van der Waals surface area contributed by atoms with E-state index in [0.717, 1.165) is 17.9 Å². The lowest BCUT2D eigenvalue weighted by atomic mass is 10.1. The smallest absolute Gasteiger partial charge is 0.123 e. The quantitative estimate of drug-likeness (QED) is 0.724. The summed E-state index contributed by atoms with van der Waals surface area (Å²) in [5, 5.41) is 0. The first kappa shape index (κ1) is 10.8. The van der Waals surface area contributed by atoms with Crippen LogP contribution in [-0.2, 0) is 6.54 Å². The van der Waals surface area contributed by atoms with Crippen LogP contribution in [-0.4, -0.2) is 26.1 Å². The lowest BCUT2D eigenvalue weighted by Crippen LogP contribution is -2.11. The summed E-state index contributed by atoms with van der Waals surface area (Å²) in [6, 6.07) is 6.09. The molecule has 0 aliphatic rings. The molecular weight excluding hydrogens is 174 g/mol. The van der Waals surface area contributed by atoms with Crippen molar-refractivity contribution in [2.75, 3.05) is 21.2 Å². The summed E-state index contributed by atoms with van der Waals surface area (Å²) in [4.78, 5) is 2.12. The van der Waals surface area contributed by atoms with E-state index < -0.39 is 0 Å². The third kappa shape index (κ3) is 2.60. The monoisotopic (exact) mass is 191 g/mol. The van der Waals surface area contributed by atoms with E-state index >= 15 is 0 Å². The average Bonchev–Trinajstić information content (AvgIpc) is 2.16. The van der Waals surface area contributed by atoms with Crippen molar-refractivity contribution in [3.05, 3.63) is 35.9 Å². The molecule has 0 saturated carbocycles. The fraction of sp³-hybridized carbons (Fsp3) is 0.333. The highest BCUT2D eigenvalue weighted by Crippen LogP contribution is 2.21. The molecular formula is C12H17NO. The third-order valence-corrected chi connectivity index (χ3v) is 2.03. The number of hydrogen-bond donors (Lipinski definition) is 0. The van der Waals surface area contributed by atoms with Gasteiger partial charge in [-0.05, 0) is 31.8 Å². The highest BCUT2D eigenvalue weighted by Gasteiger charge is 2.03. The second kappa shape index (κ2) is 4.82. The van der Waals surface area contributed by atoms with Gasteiger partial charge >= 0.3 is 0 Å². The normalized spacial score (nSPS) is 10.3. The molecule has 2 nitrogen and oxygen atoms in total. The SMILES string of the molecule is C=Cc1ccc(OC)c(CN(C)C)c1. The molecule has 76 valence electrons. The Morgan fingerprint density at radius 3 is 2.64 bits per heavy atom. The molecule has 0 spiro atoms. The average molecular weight is 191 g/mol. The summed E-state index contributed by atoms with van der Waals surface area (Å²) in [5.41, 5.74) is 2.32. The molecule has 0 bridgehead atoms. The molecule has 0 aliphatic heterocycles. The maximum Gasteiger partial charge on any atom is 0.123 e. The van der Waals surface area contributed by atoms with Crippen LogP contribution in [0.15, 0.2) is 24.8 Å². The molecule has 0 N–H and O–H groups in total. The molecule has 0 heterocycles. The number of rotatable bonds is 4. The topological polar surface area (TPSA) is 12.5 Å². The van der Waals surface area contributed by atoms with Crippen LogP contribution in [0.25, 0.3) is 6.08 Å². The molecule has 1 aromatic rings. The van der Waals surface area contributed by atoms with Crippen LogP contribution in [0.2, 0.25) is 0 Å². The molecule has 0 amide bonds. The summed E-state index contributed by atoms with van der Waals surface area (Å²) >= 11 is 0. The van der Waals surface area contributed by atoms with Crippen molar-refractivity contribution < 1.29 is 4.74 Å². The highest BCUT2D eigenvalue weighted by molar-refractivity contribution is 5.51. The van der Waals surface area contributed by atoms with Gasteiger partial charge in [-0.25, -0.2) is 0 Å². The third-order valence-electron chi connectivity index (χ3n) is 2.03. The number of benzene rings is 1. The zero-order chi connectivity index (χ0) is 10.6. The van der Waals surface area contributed by atoms with E-state index in [1.54, 1.807) is 7.11 Å². The molecule has 1 aromatic carbocycles. The van der Waals surface area contributed by atoms with Crippen molar-refractivity contribution in [1.29, 1.82) is 0 Å². The van der Waals surface area contributed by atoms with Crippen molar-refractivity contribution >= 4 is 6.08 Å². The Balaban J connectivity index is 3.01.